The molecule has 0 unspecified atom stereocenters. The fourth-order valence-corrected chi connectivity index (χ4v) is 3.45. The van der Waals surface area contributed by atoms with Crippen LogP contribution in [0.15, 0.2) is 36.4 Å². The highest BCUT2D eigenvalue weighted by Gasteiger charge is 2.33. The van der Waals surface area contributed by atoms with Crippen LogP contribution in [0.4, 0.5) is 5.69 Å². The number of carbonyl (C=O) groups is 3. The van der Waals surface area contributed by atoms with E-state index in [1.165, 1.54) is 0 Å². The van der Waals surface area contributed by atoms with Crippen molar-refractivity contribution in [1.29, 1.82) is 0 Å². The zero-order chi connectivity index (χ0) is 18.3. The smallest absolute Gasteiger partial charge is 0.256 e. The first-order chi connectivity index (χ1) is 12.5. The van der Waals surface area contributed by atoms with E-state index in [1.807, 2.05) is 36.4 Å². The van der Waals surface area contributed by atoms with Crippen molar-refractivity contribution in [3.63, 3.8) is 0 Å². The number of rotatable bonds is 4. The molecule has 3 amide bonds. The van der Waals surface area contributed by atoms with Crippen molar-refractivity contribution >= 4 is 34.2 Å². The van der Waals surface area contributed by atoms with E-state index in [9.17, 15) is 14.4 Å². The van der Waals surface area contributed by atoms with Gasteiger partial charge in [-0.3, -0.25) is 14.4 Å². The predicted octanol–water partition coefficient (Wildman–Crippen LogP) is 2.14. The van der Waals surface area contributed by atoms with Crippen LogP contribution < -0.4 is 11.1 Å². The Bertz CT molecular complexity index is 904. The molecule has 26 heavy (non-hydrogen) atoms. The van der Waals surface area contributed by atoms with Crippen LogP contribution in [-0.2, 0) is 9.59 Å². The second-order valence-electron chi connectivity index (χ2n) is 7.15. The van der Waals surface area contributed by atoms with E-state index in [4.69, 9.17) is 5.73 Å². The van der Waals surface area contributed by atoms with Gasteiger partial charge in [-0.15, -0.1) is 0 Å². The van der Waals surface area contributed by atoms with Gasteiger partial charge in [-0.25, -0.2) is 0 Å². The molecule has 6 nitrogen and oxygen atoms in total. The number of nitrogens with zero attached hydrogens (tertiary/aromatic N) is 1. The molecule has 2 aliphatic rings. The van der Waals surface area contributed by atoms with Gasteiger partial charge in [0.05, 0.1) is 17.2 Å². The van der Waals surface area contributed by atoms with Crippen LogP contribution in [0.1, 0.15) is 29.6 Å². The monoisotopic (exact) mass is 351 g/mol. The van der Waals surface area contributed by atoms with Gasteiger partial charge >= 0.3 is 0 Å². The summed E-state index contributed by atoms with van der Waals surface area (Å²) in [6.45, 7) is 0.826. The zero-order valence-electron chi connectivity index (χ0n) is 14.4. The summed E-state index contributed by atoms with van der Waals surface area (Å²) in [5.41, 5.74) is 6.37. The first-order valence-corrected chi connectivity index (χ1v) is 8.95. The fourth-order valence-electron chi connectivity index (χ4n) is 3.45. The number of fused-ring (bicyclic) bond motifs is 1. The molecule has 2 fully saturated rings. The summed E-state index contributed by atoms with van der Waals surface area (Å²) in [5, 5.41) is 4.83. The number of likely N-dealkylation sites (tertiary alicyclic amines) is 1. The molecule has 2 aromatic rings. The van der Waals surface area contributed by atoms with E-state index in [0.29, 0.717) is 30.8 Å². The van der Waals surface area contributed by atoms with E-state index in [-0.39, 0.29) is 29.6 Å². The van der Waals surface area contributed by atoms with Crippen LogP contribution >= 0.6 is 0 Å². The number of anilines is 1. The van der Waals surface area contributed by atoms with E-state index in [1.54, 1.807) is 4.90 Å². The first-order valence-electron chi connectivity index (χ1n) is 8.95. The predicted molar refractivity (Wildman–Crippen MR) is 98.5 cm³/mol. The number of hydrogen-bond acceptors (Lipinski definition) is 3. The van der Waals surface area contributed by atoms with Crippen LogP contribution in [0.2, 0.25) is 0 Å². The lowest BCUT2D eigenvalue weighted by Crippen LogP contribution is -2.32. The number of carbonyl (C=O) groups excluding carboxylic acids is 3. The van der Waals surface area contributed by atoms with Gasteiger partial charge in [-0.1, -0.05) is 24.3 Å². The highest BCUT2D eigenvalue weighted by molar-refractivity contribution is 6.08. The molecule has 1 saturated carbocycles. The third-order valence-electron chi connectivity index (χ3n) is 5.20. The average Bonchev–Trinajstić information content (AvgIpc) is 3.37. The van der Waals surface area contributed by atoms with E-state index < -0.39 is 0 Å². The number of amides is 3. The van der Waals surface area contributed by atoms with E-state index >= 15 is 0 Å². The van der Waals surface area contributed by atoms with Gasteiger partial charge in [-0.05, 0) is 42.2 Å². The van der Waals surface area contributed by atoms with Gasteiger partial charge in [-0.2, -0.15) is 0 Å². The lowest BCUT2D eigenvalue weighted by Gasteiger charge is -2.19. The molecule has 0 radical (unpaired) electrons. The van der Waals surface area contributed by atoms with Gasteiger partial charge in [0, 0.05) is 19.0 Å². The molecule has 1 atom stereocenters. The Hall–Kier alpha value is -2.89. The molecule has 3 N–H and O–H groups in total. The second kappa shape index (κ2) is 6.44. The number of primary amides is 1. The minimum absolute atomic E-state index is 0.0363. The molecule has 2 aromatic carbocycles. The summed E-state index contributed by atoms with van der Waals surface area (Å²) in [7, 11) is 0. The minimum Gasteiger partial charge on any atom is -0.369 e. The Kier molecular flexibility index (Phi) is 4.11. The molecule has 0 spiro atoms. The quantitative estimate of drug-likeness (QED) is 0.884. The summed E-state index contributed by atoms with van der Waals surface area (Å²) in [5.74, 6) is -0.836. The van der Waals surface area contributed by atoms with Crippen molar-refractivity contribution < 1.29 is 14.4 Å². The molecular formula is C20H21N3O3. The fraction of sp³-hybridized carbons (Fsp3) is 0.350. The molecular weight excluding hydrogens is 330 g/mol. The summed E-state index contributed by atoms with van der Waals surface area (Å²) >= 11 is 0. The topological polar surface area (TPSA) is 92.5 Å². The third kappa shape index (κ3) is 3.14. The van der Waals surface area contributed by atoms with Crippen molar-refractivity contribution in [2.75, 3.05) is 18.4 Å². The Morgan fingerprint density at radius 2 is 1.69 bits per heavy atom. The molecule has 1 aliphatic carbocycles. The summed E-state index contributed by atoms with van der Waals surface area (Å²) < 4.78 is 0. The molecule has 0 aromatic heterocycles. The van der Waals surface area contributed by atoms with Crippen LogP contribution in [0.5, 0.6) is 0 Å². The zero-order valence-corrected chi connectivity index (χ0v) is 14.4. The van der Waals surface area contributed by atoms with Crippen molar-refractivity contribution in [1.82, 2.24) is 4.90 Å². The molecule has 4 rings (SSSR count). The van der Waals surface area contributed by atoms with Crippen molar-refractivity contribution in [2.45, 2.75) is 19.3 Å². The number of nitrogens with two attached hydrogens (primary N) is 1. The average molecular weight is 351 g/mol. The molecule has 6 heteroatoms. The first kappa shape index (κ1) is 16.6. The number of hydrogen-bond donors (Lipinski definition) is 2. The lowest BCUT2D eigenvalue weighted by atomic mass is 10.0. The molecule has 0 bridgehead atoms. The van der Waals surface area contributed by atoms with Gasteiger partial charge in [0.2, 0.25) is 11.8 Å². The standard InChI is InChI=1S/C20H21N3O3/c21-18(24)15-7-8-23(11-15)20(26)16-9-13-3-1-2-4-14(13)10-17(16)22-19(25)12-5-6-12/h1-4,9-10,12,15H,5-8,11H2,(H2,21,24)(H,22,25)/t15-/m1/s1. The summed E-state index contributed by atoms with van der Waals surface area (Å²) in [4.78, 5) is 38.4. The number of nitrogens with one attached hydrogen (secondary N) is 1. The van der Waals surface area contributed by atoms with Gasteiger partial charge in [0.1, 0.15) is 0 Å². The SMILES string of the molecule is NC(=O)[C@@H]1CCN(C(=O)c2cc3ccccc3cc2NC(=O)C2CC2)C1. The summed E-state index contributed by atoms with van der Waals surface area (Å²) in [6.07, 6.45) is 2.38. The Morgan fingerprint density at radius 1 is 1.00 bits per heavy atom. The van der Waals surface area contributed by atoms with Crippen molar-refractivity contribution in [2.24, 2.45) is 17.6 Å². The number of benzene rings is 2. The van der Waals surface area contributed by atoms with Crippen molar-refractivity contribution in [3.05, 3.63) is 42.0 Å². The molecule has 1 saturated heterocycles. The molecule has 1 aliphatic heterocycles. The van der Waals surface area contributed by atoms with Crippen molar-refractivity contribution in [3.8, 4) is 0 Å². The second-order valence-corrected chi connectivity index (χ2v) is 7.15. The van der Waals surface area contributed by atoms with Crippen LogP contribution in [0.3, 0.4) is 0 Å². The maximum absolute atomic E-state index is 13.1. The molecule has 1 heterocycles. The highest BCUT2D eigenvalue weighted by Crippen LogP contribution is 2.32. The lowest BCUT2D eigenvalue weighted by molar-refractivity contribution is -0.121. The van der Waals surface area contributed by atoms with E-state index in [2.05, 4.69) is 5.32 Å². The Morgan fingerprint density at radius 3 is 2.31 bits per heavy atom. The van der Waals surface area contributed by atoms with Gasteiger partial charge < -0.3 is 16.0 Å². The normalized spacial score (nSPS) is 19.5. The Labute approximate surface area is 151 Å². The van der Waals surface area contributed by atoms with E-state index in [0.717, 1.165) is 23.6 Å². The van der Waals surface area contributed by atoms with Gasteiger partial charge in [0.15, 0.2) is 0 Å². The summed E-state index contributed by atoms with van der Waals surface area (Å²) in [6, 6.07) is 11.4. The maximum atomic E-state index is 13.1. The van der Waals surface area contributed by atoms with Crippen LogP contribution in [0.25, 0.3) is 10.8 Å². The van der Waals surface area contributed by atoms with Crippen LogP contribution in [-0.4, -0.2) is 35.7 Å². The van der Waals surface area contributed by atoms with Gasteiger partial charge in [0.25, 0.3) is 5.91 Å². The largest absolute Gasteiger partial charge is 0.369 e. The molecule has 134 valence electrons. The minimum atomic E-state index is -0.374. The third-order valence-corrected chi connectivity index (χ3v) is 5.20. The van der Waals surface area contributed by atoms with Crippen LogP contribution in [0, 0.1) is 11.8 Å². The highest BCUT2D eigenvalue weighted by atomic mass is 16.2. The maximum Gasteiger partial charge on any atom is 0.256 e. The Balaban J connectivity index is 1.68.